The fourth-order valence-corrected chi connectivity index (χ4v) is 2.68. The van der Waals surface area contributed by atoms with Crippen LogP contribution >= 0.6 is 0 Å². The number of hydrogen-bond donors (Lipinski definition) is 0. The van der Waals surface area contributed by atoms with Crippen LogP contribution in [-0.2, 0) is 0 Å². The maximum atomic E-state index is 5.43. The van der Waals surface area contributed by atoms with Crippen LogP contribution in [0, 0.1) is 5.41 Å². The summed E-state index contributed by atoms with van der Waals surface area (Å²) >= 11 is 0. The fraction of sp³-hybridized carbons (Fsp3) is 0.412. The van der Waals surface area contributed by atoms with Crippen molar-refractivity contribution in [3.05, 3.63) is 47.1 Å². The highest BCUT2D eigenvalue weighted by Gasteiger charge is 2.26. The Morgan fingerprint density at radius 1 is 1.22 bits per heavy atom. The molecule has 1 aliphatic carbocycles. The van der Waals surface area contributed by atoms with Gasteiger partial charge in [0.1, 0.15) is 5.75 Å². The predicted molar refractivity (Wildman–Crippen MR) is 77.7 cm³/mol. The zero-order chi connectivity index (χ0) is 13.2. The first-order chi connectivity index (χ1) is 8.54. The van der Waals surface area contributed by atoms with Crippen LogP contribution in [0.5, 0.6) is 5.75 Å². The Hall–Kier alpha value is -1.50. The van der Waals surface area contributed by atoms with Crippen molar-refractivity contribution in [1.82, 2.24) is 0 Å². The molecule has 0 fully saturated rings. The quantitative estimate of drug-likeness (QED) is 0.720. The monoisotopic (exact) mass is 242 g/mol. The fourth-order valence-electron chi connectivity index (χ4n) is 2.68. The van der Waals surface area contributed by atoms with Gasteiger partial charge >= 0.3 is 0 Å². The second-order valence-electron chi connectivity index (χ2n) is 5.61. The van der Waals surface area contributed by atoms with Crippen LogP contribution in [0.2, 0.25) is 0 Å². The van der Waals surface area contributed by atoms with E-state index < -0.39 is 0 Å². The smallest absolute Gasteiger partial charge is 0.126 e. The summed E-state index contributed by atoms with van der Waals surface area (Å²) in [5.41, 5.74) is 4.24. The van der Waals surface area contributed by atoms with E-state index in [-0.39, 0.29) is 5.41 Å². The molecule has 18 heavy (non-hydrogen) atoms. The van der Waals surface area contributed by atoms with E-state index in [9.17, 15) is 0 Å². The normalized spacial score (nSPS) is 20.7. The largest absolute Gasteiger partial charge is 0.496 e. The van der Waals surface area contributed by atoms with Crippen molar-refractivity contribution < 1.29 is 4.74 Å². The van der Waals surface area contributed by atoms with Crippen molar-refractivity contribution in [3.8, 4) is 5.75 Å². The number of para-hydroxylation sites is 1. The van der Waals surface area contributed by atoms with Gasteiger partial charge in [0.15, 0.2) is 0 Å². The highest BCUT2D eigenvalue weighted by Crippen LogP contribution is 2.41. The van der Waals surface area contributed by atoms with Gasteiger partial charge in [-0.1, -0.05) is 43.7 Å². The molecule has 0 heterocycles. The first-order valence-corrected chi connectivity index (χ1v) is 6.57. The summed E-state index contributed by atoms with van der Waals surface area (Å²) in [6.45, 7) is 6.86. The lowest BCUT2D eigenvalue weighted by Gasteiger charge is -2.32. The molecule has 0 bridgehead atoms. The van der Waals surface area contributed by atoms with Gasteiger partial charge in [-0.25, -0.2) is 0 Å². The Kier molecular flexibility index (Phi) is 3.60. The van der Waals surface area contributed by atoms with Crippen LogP contribution < -0.4 is 4.74 Å². The lowest BCUT2D eigenvalue weighted by atomic mass is 9.72. The predicted octanol–water partition coefficient (Wildman–Crippen LogP) is 4.84. The molecule has 0 spiro atoms. The topological polar surface area (TPSA) is 9.23 Å². The van der Waals surface area contributed by atoms with Crippen LogP contribution in [0.15, 0.2) is 41.5 Å². The molecule has 0 N–H and O–H groups in total. The summed E-state index contributed by atoms with van der Waals surface area (Å²) in [5.74, 6) is 0.944. The van der Waals surface area contributed by atoms with E-state index in [0.29, 0.717) is 0 Å². The number of benzene rings is 1. The third kappa shape index (κ3) is 2.50. The van der Waals surface area contributed by atoms with Crippen LogP contribution in [0.1, 0.15) is 39.2 Å². The molecule has 2 rings (SSSR count). The zero-order valence-electron chi connectivity index (χ0n) is 11.8. The number of hydrogen-bond acceptors (Lipinski definition) is 1. The molecule has 0 saturated carbocycles. The molecule has 0 saturated heterocycles. The van der Waals surface area contributed by atoms with E-state index in [2.05, 4.69) is 45.1 Å². The van der Waals surface area contributed by atoms with Crippen LogP contribution in [0.25, 0.3) is 6.08 Å². The van der Waals surface area contributed by atoms with Crippen molar-refractivity contribution in [1.29, 1.82) is 0 Å². The average Bonchev–Trinajstić information content (AvgIpc) is 2.34. The second kappa shape index (κ2) is 5.01. The Morgan fingerprint density at radius 3 is 2.61 bits per heavy atom. The zero-order valence-corrected chi connectivity index (χ0v) is 11.8. The van der Waals surface area contributed by atoms with Crippen molar-refractivity contribution in [3.63, 3.8) is 0 Å². The Balaban J connectivity index is 2.48. The van der Waals surface area contributed by atoms with Crippen LogP contribution in [0.3, 0.4) is 0 Å². The minimum atomic E-state index is 0.250. The van der Waals surface area contributed by atoms with Gasteiger partial charge in [-0.2, -0.15) is 0 Å². The lowest BCUT2D eigenvalue weighted by Crippen LogP contribution is -2.18. The summed E-state index contributed by atoms with van der Waals surface area (Å²) in [5, 5.41) is 0. The van der Waals surface area contributed by atoms with Gasteiger partial charge in [-0.15, -0.1) is 0 Å². The maximum Gasteiger partial charge on any atom is 0.126 e. The molecule has 1 heteroatoms. The Labute approximate surface area is 110 Å². The second-order valence-corrected chi connectivity index (χ2v) is 5.61. The van der Waals surface area contributed by atoms with Gasteiger partial charge in [0, 0.05) is 5.56 Å². The van der Waals surface area contributed by atoms with Crippen LogP contribution in [-0.4, -0.2) is 7.11 Å². The summed E-state index contributed by atoms with van der Waals surface area (Å²) in [7, 11) is 1.73. The molecular weight excluding hydrogens is 220 g/mol. The van der Waals surface area contributed by atoms with Gasteiger partial charge in [-0.05, 0) is 42.9 Å². The van der Waals surface area contributed by atoms with Crippen molar-refractivity contribution in [2.45, 2.75) is 33.6 Å². The minimum Gasteiger partial charge on any atom is -0.496 e. The van der Waals surface area contributed by atoms with Gasteiger partial charge in [0.25, 0.3) is 0 Å². The third-order valence-corrected chi connectivity index (χ3v) is 3.81. The first kappa shape index (κ1) is 12.9. The highest BCUT2D eigenvalue weighted by molar-refractivity contribution is 5.65. The van der Waals surface area contributed by atoms with Gasteiger partial charge in [0.2, 0.25) is 0 Å². The molecule has 0 atom stereocenters. The van der Waals surface area contributed by atoms with E-state index in [1.165, 1.54) is 24.0 Å². The van der Waals surface area contributed by atoms with Gasteiger partial charge < -0.3 is 4.74 Å². The molecule has 1 aromatic rings. The van der Waals surface area contributed by atoms with Gasteiger partial charge in [-0.3, -0.25) is 0 Å². The number of methoxy groups -OCH3 is 1. The first-order valence-electron chi connectivity index (χ1n) is 6.57. The van der Waals surface area contributed by atoms with E-state index in [1.807, 2.05) is 12.1 Å². The SMILES string of the molecule is COc1ccccc1/C=C1\C(C)=CCCC1(C)C. The van der Waals surface area contributed by atoms with Crippen molar-refractivity contribution >= 4 is 6.08 Å². The number of ether oxygens (including phenoxy) is 1. The minimum absolute atomic E-state index is 0.250. The summed E-state index contributed by atoms with van der Waals surface area (Å²) < 4.78 is 5.43. The lowest BCUT2D eigenvalue weighted by molar-refractivity contribution is 0.405. The van der Waals surface area contributed by atoms with Crippen molar-refractivity contribution in [2.75, 3.05) is 7.11 Å². The highest BCUT2D eigenvalue weighted by atomic mass is 16.5. The molecule has 0 radical (unpaired) electrons. The summed E-state index contributed by atoms with van der Waals surface area (Å²) in [6, 6.07) is 8.20. The number of allylic oxidation sites excluding steroid dienone is 3. The van der Waals surface area contributed by atoms with Gasteiger partial charge in [0.05, 0.1) is 7.11 Å². The maximum absolute atomic E-state index is 5.43. The summed E-state index contributed by atoms with van der Waals surface area (Å²) in [6.07, 6.45) is 7.02. The molecule has 1 aromatic carbocycles. The van der Waals surface area contributed by atoms with E-state index >= 15 is 0 Å². The standard InChI is InChI=1S/C17H22O/c1-13-8-7-11-17(2,3)15(13)12-14-9-5-6-10-16(14)18-4/h5-6,8-10,12H,7,11H2,1-4H3/b15-12+. The molecule has 1 aliphatic rings. The Bertz CT molecular complexity index is 492. The third-order valence-electron chi connectivity index (χ3n) is 3.81. The molecule has 0 aromatic heterocycles. The number of rotatable bonds is 2. The Morgan fingerprint density at radius 2 is 1.94 bits per heavy atom. The molecule has 0 amide bonds. The molecular formula is C17H22O. The van der Waals surface area contributed by atoms with Crippen molar-refractivity contribution in [2.24, 2.45) is 5.41 Å². The van der Waals surface area contributed by atoms with Crippen LogP contribution in [0.4, 0.5) is 0 Å². The molecule has 96 valence electrons. The van der Waals surface area contributed by atoms with E-state index in [4.69, 9.17) is 4.74 Å². The van der Waals surface area contributed by atoms with E-state index in [1.54, 1.807) is 7.11 Å². The van der Waals surface area contributed by atoms with E-state index in [0.717, 1.165) is 11.3 Å². The average molecular weight is 242 g/mol. The molecule has 0 aliphatic heterocycles. The molecule has 1 nitrogen and oxygen atoms in total. The molecule has 0 unspecified atom stereocenters. The summed E-state index contributed by atoms with van der Waals surface area (Å²) in [4.78, 5) is 0.